The minimum Gasteiger partial charge on any atom is -0.726 e. The number of rotatable bonds is 13. The van der Waals surface area contributed by atoms with Crippen LogP contribution in [0.25, 0.3) is 0 Å². The largest absolute Gasteiger partial charge is 0.726 e. The van der Waals surface area contributed by atoms with E-state index in [9.17, 15) is 29.4 Å². The molecule has 2 aliphatic rings. The van der Waals surface area contributed by atoms with E-state index in [4.69, 9.17) is 50.7 Å². The van der Waals surface area contributed by atoms with Gasteiger partial charge in [0.2, 0.25) is 33.7 Å². The summed E-state index contributed by atoms with van der Waals surface area (Å²) in [5, 5.41) is 32.8. The second-order valence-corrected chi connectivity index (χ2v) is 13.8. The molecule has 1 saturated heterocycles. The van der Waals surface area contributed by atoms with Gasteiger partial charge in [-0.3, -0.25) is 24.5 Å². The van der Waals surface area contributed by atoms with Crippen LogP contribution in [0, 0.1) is 5.41 Å². The Bertz CT molecular complexity index is 1880. The molecule has 2 aliphatic heterocycles. The number of fused-ring (bicyclic) bond motifs is 1. The highest BCUT2D eigenvalue weighted by Crippen LogP contribution is 2.40. The Morgan fingerprint density at radius 3 is 2.45 bits per heavy atom. The fraction of sp³-hybridized carbons (Fsp3) is 0.458. The summed E-state index contributed by atoms with van der Waals surface area (Å²) >= 11 is 1.98. The van der Waals surface area contributed by atoms with Crippen LogP contribution >= 0.6 is 23.3 Å². The van der Waals surface area contributed by atoms with Crippen molar-refractivity contribution in [1.82, 2.24) is 24.3 Å². The summed E-state index contributed by atoms with van der Waals surface area (Å²) < 4.78 is 40.0. The summed E-state index contributed by atoms with van der Waals surface area (Å²) in [5.74, 6) is -4.39. The first-order valence-electron chi connectivity index (χ1n) is 14.2. The molecule has 51 heavy (non-hydrogen) atoms. The molecule has 2 aromatic rings. The first kappa shape index (κ1) is 40.3. The van der Waals surface area contributed by atoms with E-state index < -0.39 is 56.9 Å². The van der Waals surface area contributed by atoms with E-state index in [2.05, 4.69) is 19.8 Å². The Labute approximate surface area is 297 Å². The van der Waals surface area contributed by atoms with Crippen LogP contribution in [-0.4, -0.2) is 118 Å². The number of oxime groups is 1. The van der Waals surface area contributed by atoms with Gasteiger partial charge < -0.3 is 52.8 Å². The van der Waals surface area contributed by atoms with Crippen LogP contribution in [0.3, 0.4) is 0 Å². The van der Waals surface area contributed by atoms with Crippen molar-refractivity contribution >= 4 is 85.8 Å². The molecule has 24 nitrogen and oxygen atoms in total. The van der Waals surface area contributed by atoms with Crippen LogP contribution in [0.15, 0.2) is 22.6 Å². The number of carbonyl (C=O) groups is 4. The zero-order valence-corrected chi connectivity index (χ0v) is 29.5. The lowest BCUT2D eigenvalue weighted by atomic mass is 10.0. The van der Waals surface area contributed by atoms with Crippen molar-refractivity contribution in [2.45, 2.75) is 43.8 Å². The number of hydrogen-bond donors (Lipinski definition) is 9. The summed E-state index contributed by atoms with van der Waals surface area (Å²) in [5.41, 5.74) is 21.6. The van der Waals surface area contributed by atoms with Crippen molar-refractivity contribution in [1.29, 1.82) is 5.41 Å². The average Bonchev–Trinajstić information content (AvgIpc) is 3.56. The van der Waals surface area contributed by atoms with Crippen molar-refractivity contribution in [3.8, 4) is 0 Å². The normalized spacial score (nSPS) is 17.5. The number of amides is 2. The molecular weight excluding hydrogens is 743 g/mol. The molecule has 280 valence electrons. The van der Waals surface area contributed by atoms with E-state index in [-0.39, 0.29) is 40.7 Å². The Kier molecular flexibility index (Phi) is 12.5. The zero-order chi connectivity index (χ0) is 38.6. The van der Waals surface area contributed by atoms with Gasteiger partial charge in [-0.15, -0.1) is 21.1 Å². The molecule has 1 unspecified atom stereocenters. The molecule has 1 fully saturated rings. The Hall–Kier alpha value is -5.09. The highest BCUT2D eigenvalue weighted by molar-refractivity contribution is 8.00. The minimum atomic E-state index is -4.92. The summed E-state index contributed by atoms with van der Waals surface area (Å²) in [6.07, 6.45) is 2.18. The maximum absolute atomic E-state index is 13.3. The van der Waals surface area contributed by atoms with E-state index in [1.54, 1.807) is 22.6 Å². The third-order valence-corrected chi connectivity index (χ3v) is 8.96. The number of guanidine groups is 1. The molecule has 0 spiro atoms. The van der Waals surface area contributed by atoms with Crippen LogP contribution < -0.4 is 37.8 Å². The molecule has 0 aromatic carbocycles. The second kappa shape index (κ2) is 15.9. The number of carboxylic acid groups (broad SMARTS) is 2. The van der Waals surface area contributed by atoms with Gasteiger partial charge >= 0.3 is 11.9 Å². The molecule has 2 amide bonds. The zero-order valence-electron chi connectivity index (χ0n) is 27.0. The maximum atomic E-state index is 13.3. The number of carboxylic acids is 2. The van der Waals surface area contributed by atoms with Crippen LogP contribution in [0.2, 0.25) is 0 Å². The number of β-lactam (4-membered cyclic amide) rings is 1. The molecule has 13 N–H and O–H groups in total. The third kappa shape index (κ3) is 9.58. The standard InChI is InChI=1S/C24H33N13O7S2.H2O4S/c1-24(2,21(42)43)44-32-12(16-31-23(29)46-33-16)17(38)30-13-18(39)37-14(20(40)41)10(9-45-19(13)37)7-35-8-11(15(26)34(35)3)36(22(27)28)6-4-5-25;1-5(2,3)4/h8,13,19,26H,4-7,9,25H2,1-3H3,(H8,27,28,29,30,31,33,38,40,41,42,43);(H2,1,2,3,4)/b32-12+;/t13-,19?;/m1./s1. The van der Waals surface area contributed by atoms with Crippen LogP contribution in [0.5, 0.6) is 0 Å². The number of nitrogens with two attached hydrogens (primary N) is 4. The number of anilines is 3. The van der Waals surface area contributed by atoms with Crippen LogP contribution in [0.4, 0.5) is 16.6 Å². The molecule has 27 heteroatoms. The number of hydrogen-bond acceptors (Lipinski definition) is 17. The quantitative estimate of drug-likeness (QED) is 0.0180. The second-order valence-electron chi connectivity index (χ2n) is 11.0. The van der Waals surface area contributed by atoms with Gasteiger partial charge in [0.1, 0.15) is 17.1 Å². The summed E-state index contributed by atoms with van der Waals surface area (Å²) in [6, 6.07) is -1.15. The van der Waals surface area contributed by atoms with Gasteiger partial charge in [-0.05, 0) is 26.8 Å². The fourth-order valence-corrected chi connectivity index (χ4v) is 6.27. The lowest BCUT2D eigenvalue weighted by Gasteiger charge is -2.49. The number of thioether (sulfide) groups is 1. The molecule has 0 aliphatic carbocycles. The smallest absolute Gasteiger partial charge is 0.352 e. The molecule has 0 bridgehead atoms. The van der Waals surface area contributed by atoms with E-state index in [0.29, 0.717) is 30.8 Å². The van der Waals surface area contributed by atoms with Crippen LogP contribution in [0.1, 0.15) is 26.1 Å². The predicted molar refractivity (Wildman–Crippen MR) is 179 cm³/mol. The number of nitrogen functional groups attached to an aromatic ring is 2. The highest BCUT2D eigenvalue weighted by Gasteiger charge is 2.55. The van der Waals surface area contributed by atoms with E-state index in [1.807, 2.05) is 0 Å². The van der Waals surface area contributed by atoms with Gasteiger partial charge in [-0.25, -0.2) is 18.0 Å². The first-order valence-corrected chi connectivity index (χ1v) is 17.4. The molecule has 4 heterocycles. The lowest BCUT2D eigenvalue weighted by Crippen LogP contribution is -2.71. The Morgan fingerprint density at radius 1 is 1.31 bits per heavy atom. The maximum Gasteiger partial charge on any atom is 0.352 e. The van der Waals surface area contributed by atoms with Crippen molar-refractivity contribution in [2.75, 3.05) is 35.2 Å². The number of nitrogens with one attached hydrogen (secondary N) is 2. The van der Waals surface area contributed by atoms with Gasteiger partial charge in [0.15, 0.2) is 29.1 Å². The molecule has 2 atom stereocenters. The average molecular weight is 778 g/mol. The van der Waals surface area contributed by atoms with Gasteiger partial charge in [0.25, 0.3) is 11.8 Å². The van der Waals surface area contributed by atoms with Crippen LogP contribution in [-0.2, 0) is 48.0 Å². The van der Waals surface area contributed by atoms with Gasteiger partial charge in [0.05, 0.1) is 7.05 Å². The molecular formula is C24H35N13O11S3. The SMILES string of the molecule is Cn1c(N)c(N(CCCN)C(=N)N)c[n+]1CC1=C(C(=O)O)N2C(=O)[C@@H](NC(=O)/C(=N/OC(C)(C)C(=O)O)c3nsc(N)n3)C2SC1.O=S(=O)([O-])O. The summed E-state index contributed by atoms with van der Waals surface area (Å²) in [4.78, 5) is 62.1. The highest BCUT2D eigenvalue weighted by atomic mass is 32.3. The number of carbonyl (C=O) groups excluding carboxylic acids is 2. The monoisotopic (exact) mass is 777 g/mol. The Morgan fingerprint density at radius 2 is 1.94 bits per heavy atom. The lowest BCUT2D eigenvalue weighted by molar-refractivity contribution is -0.765. The Balaban J connectivity index is 0.00000131. The molecule has 2 aromatic heterocycles. The van der Waals surface area contributed by atoms with Gasteiger partial charge in [0, 0.05) is 29.4 Å². The van der Waals surface area contributed by atoms with E-state index in [1.165, 1.54) is 30.5 Å². The van der Waals surface area contributed by atoms with Gasteiger partial charge in [-0.2, -0.15) is 9.36 Å². The number of aliphatic carboxylic acids is 2. The van der Waals surface area contributed by atoms with E-state index in [0.717, 1.165) is 16.4 Å². The number of nitrogens with zero attached hydrogens (tertiary/aromatic N) is 7. The minimum absolute atomic E-state index is 0.0000217. The predicted octanol–water partition coefficient (Wildman–Crippen LogP) is -3.60. The van der Waals surface area contributed by atoms with Crippen molar-refractivity contribution < 1.29 is 56.4 Å². The van der Waals surface area contributed by atoms with Crippen molar-refractivity contribution in [3.05, 3.63) is 23.3 Å². The summed E-state index contributed by atoms with van der Waals surface area (Å²) in [6.45, 7) is 3.18. The summed E-state index contributed by atoms with van der Waals surface area (Å²) in [7, 11) is -3.26. The molecule has 0 saturated carbocycles. The first-order chi connectivity index (χ1) is 23.6. The van der Waals surface area contributed by atoms with Gasteiger partial charge in [-0.1, -0.05) is 5.16 Å². The fourth-order valence-electron chi connectivity index (χ4n) is 4.50. The molecule has 4 rings (SSSR count). The topological polar surface area (TPSA) is 389 Å². The van der Waals surface area contributed by atoms with E-state index >= 15 is 0 Å². The van der Waals surface area contributed by atoms with Crippen molar-refractivity contribution in [2.24, 2.45) is 23.7 Å². The number of aromatic nitrogens is 4. The third-order valence-electron chi connectivity index (χ3n) is 7.07. The molecule has 0 radical (unpaired) electrons. The van der Waals surface area contributed by atoms with Crippen molar-refractivity contribution in [3.63, 3.8) is 0 Å².